The molecule has 18 heavy (non-hydrogen) atoms. The molecule has 0 saturated carbocycles. The minimum absolute atomic E-state index is 0.0893. The Balaban J connectivity index is 1.90. The van der Waals surface area contributed by atoms with Crippen molar-refractivity contribution in [1.29, 1.82) is 0 Å². The third kappa shape index (κ3) is 3.31. The lowest BCUT2D eigenvalue weighted by Gasteiger charge is -2.04. The van der Waals surface area contributed by atoms with Gasteiger partial charge in [0.25, 0.3) is 0 Å². The number of nitrogens with one attached hydrogen (secondary N) is 1. The molecule has 0 unspecified atom stereocenters. The van der Waals surface area contributed by atoms with E-state index in [4.69, 9.17) is 5.84 Å². The van der Waals surface area contributed by atoms with Crippen molar-refractivity contribution in [1.82, 2.24) is 5.43 Å². The molecule has 0 aromatic heterocycles. The first-order chi connectivity index (χ1) is 8.79. The van der Waals surface area contributed by atoms with Gasteiger partial charge >= 0.3 is 0 Å². The third-order valence-electron chi connectivity index (χ3n) is 3.09. The highest BCUT2D eigenvalue weighted by atomic mass is 16.2. The quantitative estimate of drug-likeness (QED) is 0.366. The molecule has 0 aliphatic heterocycles. The van der Waals surface area contributed by atoms with Crippen molar-refractivity contribution in [3.8, 4) is 0 Å². The molecule has 1 amide bonds. The molecule has 0 aliphatic carbocycles. The number of fused-ring (bicyclic) bond motifs is 1. The average molecular weight is 242 g/mol. The Morgan fingerprint density at radius 2 is 1.83 bits per heavy atom. The zero-order valence-corrected chi connectivity index (χ0v) is 10.4. The fourth-order valence-electron chi connectivity index (χ4n) is 2.08. The summed E-state index contributed by atoms with van der Waals surface area (Å²) in [5.74, 6) is 4.94. The van der Waals surface area contributed by atoms with Gasteiger partial charge in [0.1, 0.15) is 0 Å². The first kappa shape index (κ1) is 12.6. The van der Waals surface area contributed by atoms with Gasteiger partial charge in [-0.25, -0.2) is 5.84 Å². The van der Waals surface area contributed by atoms with E-state index < -0.39 is 0 Å². The molecule has 0 bridgehead atoms. The SMILES string of the molecule is NNC(=O)CCCCc1ccc2ccccc2c1. The van der Waals surface area contributed by atoms with Crippen LogP contribution in [0.4, 0.5) is 0 Å². The van der Waals surface area contributed by atoms with Gasteiger partial charge in [0.15, 0.2) is 0 Å². The predicted octanol–water partition coefficient (Wildman–Crippen LogP) is 2.54. The second-order valence-electron chi connectivity index (χ2n) is 4.46. The second-order valence-corrected chi connectivity index (χ2v) is 4.46. The molecule has 0 fully saturated rings. The topological polar surface area (TPSA) is 55.1 Å². The molecule has 3 heteroatoms. The van der Waals surface area contributed by atoms with Gasteiger partial charge in [-0.1, -0.05) is 42.5 Å². The second kappa shape index (κ2) is 6.17. The Morgan fingerprint density at radius 1 is 1.06 bits per heavy atom. The maximum absolute atomic E-state index is 11.0. The number of amides is 1. The summed E-state index contributed by atoms with van der Waals surface area (Å²) in [5, 5.41) is 2.54. The molecule has 2 aromatic rings. The van der Waals surface area contributed by atoms with Crippen LogP contribution in [0.2, 0.25) is 0 Å². The molecule has 0 heterocycles. The smallest absolute Gasteiger partial charge is 0.233 e. The van der Waals surface area contributed by atoms with E-state index in [0.29, 0.717) is 6.42 Å². The maximum atomic E-state index is 11.0. The Bertz CT molecular complexity index is 537. The van der Waals surface area contributed by atoms with Gasteiger partial charge in [0, 0.05) is 6.42 Å². The Kier molecular flexibility index (Phi) is 4.31. The lowest BCUT2D eigenvalue weighted by molar-refractivity contribution is -0.121. The van der Waals surface area contributed by atoms with E-state index in [9.17, 15) is 4.79 Å². The van der Waals surface area contributed by atoms with Crippen molar-refractivity contribution in [3.63, 3.8) is 0 Å². The van der Waals surface area contributed by atoms with Gasteiger partial charge in [0.2, 0.25) is 5.91 Å². The van der Waals surface area contributed by atoms with Crippen LogP contribution < -0.4 is 11.3 Å². The van der Waals surface area contributed by atoms with Crippen LogP contribution in [0.15, 0.2) is 42.5 Å². The molecule has 0 spiro atoms. The largest absolute Gasteiger partial charge is 0.294 e. The number of hydrazine groups is 1. The van der Waals surface area contributed by atoms with Crippen molar-refractivity contribution in [2.45, 2.75) is 25.7 Å². The standard InChI is InChI=1S/C15H18N2O/c16-17-15(18)8-4-1-5-12-9-10-13-6-2-3-7-14(13)11-12/h2-3,6-7,9-11H,1,4-5,8,16H2,(H,17,18). The highest BCUT2D eigenvalue weighted by Gasteiger charge is 1.99. The highest BCUT2D eigenvalue weighted by molar-refractivity contribution is 5.83. The van der Waals surface area contributed by atoms with E-state index in [1.807, 2.05) is 6.07 Å². The van der Waals surface area contributed by atoms with Crippen LogP contribution in [0.3, 0.4) is 0 Å². The molecule has 0 aliphatic rings. The summed E-state index contributed by atoms with van der Waals surface area (Å²) in [6.45, 7) is 0. The molecular formula is C15H18N2O. The van der Waals surface area contributed by atoms with Gasteiger partial charge in [0.05, 0.1) is 0 Å². The highest BCUT2D eigenvalue weighted by Crippen LogP contribution is 2.17. The predicted molar refractivity (Wildman–Crippen MR) is 73.8 cm³/mol. The van der Waals surface area contributed by atoms with E-state index in [2.05, 4.69) is 41.8 Å². The van der Waals surface area contributed by atoms with Crippen LogP contribution in [0.5, 0.6) is 0 Å². The molecule has 0 atom stereocenters. The number of rotatable bonds is 5. The van der Waals surface area contributed by atoms with E-state index in [1.165, 1.54) is 16.3 Å². The lowest BCUT2D eigenvalue weighted by Crippen LogP contribution is -2.29. The summed E-state index contributed by atoms with van der Waals surface area (Å²) < 4.78 is 0. The number of nitrogens with two attached hydrogens (primary N) is 1. The lowest BCUT2D eigenvalue weighted by atomic mass is 10.0. The number of aryl methyl sites for hydroxylation is 1. The summed E-state index contributed by atoms with van der Waals surface area (Å²) in [5.41, 5.74) is 3.47. The number of carbonyl (C=O) groups excluding carboxylic acids is 1. The minimum Gasteiger partial charge on any atom is -0.294 e. The molecule has 2 rings (SSSR count). The van der Waals surface area contributed by atoms with Gasteiger partial charge in [-0.2, -0.15) is 0 Å². The van der Waals surface area contributed by atoms with Gasteiger partial charge in [-0.05, 0) is 35.6 Å². The van der Waals surface area contributed by atoms with Crippen LogP contribution in [-0.4, -0.2) is 5.91 Å². The Hall–Kier alpha value is -1.87. The molecule has 0 radical (unpaired) electrons. The summed E-state index contributed by atoms with van der Waals surface area (Å²) in [7, 11) is 0. The van der Waals surface area contributed by atoms with Crippen LogP contribution in [-0.2, 0) is 11.2 Å². The summed E-state index contributed by atoms with van der Waals surface area (Å²) >= 11 is 0. The van der Waals surface area contributed by atoms with Crippen LogP contribution in [0, 0.1) is 0 Å². The molecule has 0 saturated heterocycles. The number of hydrogen-bond donors (Lipinski definition) is 2. The molecule has 94 valence electrons. The molecular weight excluding hydrogens is 224 g/mol. The number of benzene rings is 2. The van der Waals surface area contributed by atoms with Gasteiger partial charge in [-0.3, -0.25) is 10.2 Å². The summed E-state index contributed by atoms with van der Waals surface area (Å²) in [4.78, 5) is 11.0. The van der Waals surface area contributed by atoms with Crippen molar-refractivity contribution in [2.75, 3.05) is 0 Å². The number of unbranched alkanes of at least 4 members (excludes halogenated alkanes) is 1. The van der Waals surface area contributed by atoms with Crippen LogP contribution in [0.1, 0.15) is 24.8 Å². The fraction of sp³-hybridized carbons (Fsp3) is 0.267. The van der Waals surface area contributed by atoms with Crippen LogP contribution >= 0.6 is 0 Å². The first-order valence-electron chi connectivity index (χ1n) is 6.27. The molecule has 3 N–H and O–H groups in total. The van der Waals surface area contributed by atoms with E-state index in [-0.39, 0.29) is 5.91 Å². The van der Waals surface area contributed by atoms with Crippen molar-refractivity contribution in [3.05, 3.63) is 48.0 Å². The van der Waals surface area contributed by atoms with E-state index >= 15 is 0 Å². The van der Waals surface area contributed by atoms with Gasteiger partial charge in [-0.15, -0.1) is 0 Å². The summed E-state index contributed by atoms with van der Waals surface area (Å²) in [6, 6.07) is 14.9. The number of carbonyl (C=O) groups is 1. The average Bonchev–Trinajstić information content (AvgIpc) is 2.43. The Labute approximate surface area is 107 Å². The monoisotopic (exact) mass is 242 g/mol. The summed E-state index contributed by atoms with van der Waals surface area (Å²) in [6.07, 6.45) is 3.38. The Morgan fingerprint density at radius 3 is 2.61 bits per heavy atom. The fourth-order valence-corrected chi connectivity index (χ4v) is 2.08. The zero-order valence-electron chi connectivity index (χ0n) is 10.4. The zero-order chi connectivity index (χ0) is 12.8. The van der Waals surface area contributed by atoms with Crippen molar-refractivity contribution < 1.29 is 4.79 Å². The minimum atomic E-state index is -0.0893. The van der Waals surface area contributed by atoms with Crippen molar-refractivity contribution in [2.24, 2.45) is 5.84 Å². The first-order valence-corrected chi connectivity index (χ1v) is 6.27. The van der Waals surface area contributed by atoms with E-state index in [1.54, 1.807) is 0 Å². The maximum Gasteiger partial charge on any atom is 0.233 e. The van der Waals surface area contributed by atoms with E-state index in [0.717, 1.165) is 19.3 Å². The van der Waals surface area contributed by atoms with Crippen LogP contribution in [0.25, 0.3) is 10.8 Å². The normalized spacial score (nSPS) is 10.5. The molecule has 3 nitrogen and oxygen atoms in total. The molecule has 2 aromatic carbocycles. The van der Waals surface area contributed by atoms with Gasteiger partial charge < -0.3 is 0 Å². The van der Waals surface area contributed by atoms with Crippen molar-refractivity contribution >= 4 is 16.7 Å². The third-order valence-corrected chi connectivity index (χ3v) is 3.09. The number of hydrogen-bond acceptors (Lipinski definition) is 2.